The predicted molar refractivity (Wildman–Crippen MR) is 128 cm³/mol. The van der Waals surface area contributed by atoms with E-state index in [-0.39, 0.29) is 11.9 Å². The third-order valence-corrected chi connectivity index (χ3v) is 5.22. The lowest BCUT2D eigenvalue weighted by atomic mass is 10.1. The molecule has 0 saturated heterocycles. The van der Waals surface area contributed by atoms with E-state index in [1.54, 1.807) is 0 Å². The lowest BCUT2D eigenvalue weighted by molar-refractivity contribution is -0.144. The molecule has 0 amide bonds. The first kappa shape index (κ1) is 26.9. The lowest BCUT2D eigenvalue weighted by Gasteiger charge is -2.05. The van der Waals surface area contributed by atoms with Gasteiger partial charge in [0.2, 0.25) is 0 Å². The van der Waals surface area contributed by atoms with E-state index in [0.29, 0.717) is 26.1 Å². The topological polar surface area (TPSA) is 52.6 Å². The summed E-state index contributed by atoms with van der Waals surface area (Å²) >= 11 is 0. The minimum Gasteiger partial charge on any atom is -0.466 e. The molecule has 31 heavy (non-hydrogen) atoms. The van der Waals surface area contributed by atoms with Gasteiger partial charge in [0.25, 0.3) is 0 Å². The minimum atomic E-state index is -0.133. The summed E-state index contributed by atoms with van der Waals surface area (Å²) in [5.41, 5.74) is 1.10. The van der Waals surface area contributed by atoms with Crippen LogP contribution in [0.2, 0.25) is 0 Å². The molecule has 0 aliphatic heterocycles. The summed E-state index contributed by atoms with van der Waals surface area (Å²) in [5.74, 6) is -0.191. The van der Waals surface area contributed by atoms with Crippen LogP contribution in [0.3, 0.4) is 0 Å². The quantitative estimate of drug-likeness (QED) is 0.171. The van der Waals surface area contributed by atoms with Gasteiger partial charge in [-0.2, -0.15) is 0 Å². The second kappa shape index (κ2) is 19.8. The molecule has 0 heterocycles. The first-order valence-corrected chi connectivity index (χ1v) is 12.2. The van der Waals surface area contributed by atoms with Crippen LogP contribution >= 0.6 is 0 Å². The van der Waals surface area contributed by atoms with Gasteiger partial charge in [-0.1, -0.05) is 101 Å². The van der Waals surface area contributed by atoms with Crippen molar-refractivity contribution in [1.82, 2.24) is 0 Å². The summed E-state index contributed by atoms with van der Waals surface area (Å²) in [5, 5.41) is 0. The number of ether oxygens (including phenoxy) is 2. The van der Waals surface area contributed by atoms with Crippen molar-refractivity contribution < 1.29 is 19.1 Å². The number of hydrogen-bond donors (Lipinski definition) is 0. The fourth-order valence-electron chi connectivity index (χ4n) is 3.35. The van der Waals surface area contributed by atoms with E-state index in [2.05, 4.69) is 6.92 Å². The van der Waals surface area contributed by atoms with Crippen LogP contribution in [0, 0.1) is 0 Å². The maximum atomic E-state index is 11.7. The van der Waals surface area contributed by atoms with Crippen LogP contribution in [0.5, 0.6) is 0 Å². The third-order valence-electron chi connectivity index (χ3n) is 5.22. The van der Waals surface area contributed by atoms with Gasteiger partial charge >= 0.3 is 11.9 Å². The molecule has 0 saturated carbocycles. The number of carbonyl (C=O) groups is 2. The maximum absolute atomic E-state index is 11.7. The number of benzene rings is 1. The van der Waals surface area contributed by atoms with Crippen molar-refractivity contribution in [2.75, 3.05) is 13.2 Å². The number of rotatable bonds is 19. The molecule has 0 unspecified atom stereocenters. The van der Waals surface area contributed by atoms with Crippen molar-refractivity contribution in [2.45, 2.75) is 96.8 Å². The molecular weight excluding hydrogens is 388 g/mol. The van der Waals surface area contributed by atoms with Gasteiger partial charge in [0.05, 0.1) is 6.61 Å². The summed E-state index contributed by atoms with van der Waals surface area (Å²) < 4.78 is 10.5. The Labute approximate surface area is 189 Å². The Morgan fingerprint density at radius 1 is 0.710 bits per heavy atom. The molecule has 0 atom stereocenters. The second-order valence-electron chi connectivity index (χ2n) is 8.11. The highest BCUT2D eigenvalue weighted by Crippen LogP contribution is 2.10. The average molecular weight is 431 g/mol. The van der Waals surface area contributed by atoms with Gasteiger partial charge in [0.15, 0.2) is 0 Å². The summed E-state index contributed by atoms with van der Waals surface area (Å²) in [6.45, 7) is 3.11. The zero-order chi connectivity index (χ0) is 22.4. The number of unbranched alkanes of at least 4 members (excludes halogenated alkanes) is 10. The number of hydrogen-bond acceptors (Lipinski definition) is 4. The van der Waals surface area contributed by atoms with Gasteiger partial charge in [0.1, 0.15) is 6.61 Å². The highest BCUT2D eigenvalue weighted by atomic mass is 16.5. The Bertz CT molecular complexity index is 595. The molecule has 0 bridgehead atoms. The average Bonchev–Trinajstić information content (AvgIpc) is 2.78. The zero-order valence-corrected chi connectivity index (χ0v) is 19.5. The monoisotopic (exact) mass is 430 g/mol. The fraction of sp³-hybridized carbons (Fsp3) is 0.630. The van der Waals surface area contributed by atoms with Gasteiger partial charge in [-0.3, -0.25) is 9.59 Å². The molecule has 0 spiro atoms. The molecule has 4 heteroatoms. The Morgan fingerprint density at radius 2 is 1.26 bits per heavy atom. The van der Waals surface area contributed by atoms with E-state index < -0.39 is 0 Å². The summed E-state index contributed by atoms with van der Waals surface area (Å²) in [6.07, 6.45) is 18.1. The number of carbonyl (C=O) groups excluding carboxylic acids is 2. The number of esters is 2. The van der Waals surface area contributed by atoms with E-state index in [4.69, 9.17) is 9.47 Å². The normalized spacial score (nSPS) is 11.0. The van der Waals surface area contributed by atoms with Gasteiger partial charge in [-0.15, -0.1) is 0 Å². The van der Waals surface area contributed by atoms with Crippen molar-refractivity contribution in [3.05, 3.63) is 42.0 Å². The van der Waals surface area contributed by atoms with E-state index in [1.807, 2.05) is 42.5 Å². The highest BCUT2D eigenvalue weighted by Gasteiger charge is 2.04. The fourth-order valence-corrected chi connectivity index (χ4v) is 3.35. The van der Waals surface area contributed by atoms with Crippen LogP contribution in [-0.2, 0) is 19.1 Å². The van der Waals surface area contributed by atoms with Crippen LogP contribution in [0.4, 0.5) is 0 Å². The standard InChI is InChI=1S/C27H42O4/c1-2-3-4-5-10-16-23-30-26(28)21-14-8-6-7-9-15-22-27(29)31-24-17-20-25-18-12-11-13-19-25/h11-13,17-20H,2-10,14-16,21-24H2,1H3/b20-17+. The Kier molecular flexibility index (Phi) is 17.2. The van der Waals surface area contributed by atoms with E-state index >= 15 is 0 Å². The van der Waals surface area contributed by atoms with E-state index in [0.717, 1.165) is 56.9 Å². The van der Waals surface area contributed by atoms with Crippen LogP contribution in [-0.4, -0.2) is 25.2 Å². The predicted octanol–water partition coefficient (Wildman–Crippen LogP) is 7.27. The van der Waals surface area contributed by atoms with Crippen LogP contribution < -0.4 is 0 Å². The zero-order valence-electron chi connectivity index (χ0n) is 19.5. The Morgan fingerprint density at radius 3 is 1.90 bits per heavy atom. The molecule has 1 rings (SSSR count). The highest BCUT2D eigenvalue weighted by molar-refractivity contribution is 5.69. The first-order chi connectivity index (χ1) is 15.2. The van der Waals surface area contributed by atoms with E-state index in [9.17, 15) is 9.59 Å². The molecule has 4 nitrogen and oxygen atoms in total. The van der Waals surface area contributed by atoms with Crippen molar-refractivity contribution in [2.24, 2.45) is 0 Å². The molecule has 0 fully saturated rings. The summed E-state index contributed by atoms with van der Waals surface area (Å²) in [7, 11) is 0. The molecule has 0 N–H and O–H groups in total. The van der Waals surface area contributed by atoms with Gasteiger partial charge in [0, 0.05) is 12.8 Å². The third kappa shape index (κ3) is 17.3. The van der Waals surface area contributed by atoms with Crippen LogP contribution in [0.25, 0.3) is 6.08 Å². The largest absolute Gasteiger partial charge is 0.466 e. The van der Waals surface area contributed by atoms with Crippen molar-refractivity contribution in [3.8, 4) is 0 Å². The smallest absolute Gasteiger partial charge is 0.306 e. The molecule has 0 radical (unpaired) electrons. The Balaban J connectivity index is 1.84. The van der Waals surface area contributed by atoms with Gasteiger partial charge in [-0.05, 0) is 30.9 Å². The lowest BCUT2D eigenvalue weighted by Crippen LogP contribution is -2.05. The molecular formula is C27H42O4. The molecule has 1 aromatic carbocycles. The van der Waals surface area contributed by atoms with Crippen molar-refractivity contribution >= 4 is 18.0 Å². The maximum Gasteiger partial charge on any atom is 0.306 e. The SMILES string of the molecule is CCCCCCCCOC(=O)CCCCCCCCC(=O)OC/C=C/c1ccccc1. The second-order valence-corrected chi connectivity index (χ2v) is 8.11. The minimum absolute atomic E-state index is 0.0578. The molecule has 0 aromatic heterocycles. The van der Waals surface area contributed by atoms with Gasteiger partial charge < -0.3 is 9.47 Å². The molecule has 174 valence electrons. The molecule has 0 aliphatic rings. The van der Waals surface area contributed by atoms with Crippen LogP contribution in [0.1, 0.15) is 102 Å². The summed E-state index contributed by atoms with van der Waals surface area (Å²) in [6, 6.07) is 9.96. The van der Waals surface area contributed by atoms with Crippen molar-refractivity contribution in [3.63, 3.8) is 0 Å². The summed E-state index contributed by atoms with van der Waals surface area (Å²) in [4.78, 5) is 23.4. The van der Waals surface area contributed by atoms with E-state index in [1.165, 1.54) is 25.7 Å². The van der Waals surface area contributed by atoms with Crippen molar-refractivity contribution in [1.29, 1.82) is 0 Å². The molecule has 1 aromatic rings. The first-order valence-electron chi connectivity index (χ1n) is 12.2. The molecule has 0 aliphatic carbocycles. The Hall–Kier alpha value is -2.10. The van der Waals surface area contributed by atoms with Crippen LogP contribution in [0.15, 0.2) is 36.4 Å². The van der Waals surface area contributed by atoms with Gasteiger partial charge in [-0.25, -0.2) is 0 Å².